The van der Waals surface area contributed by atoms with Gasteiger partial charge in [-0.3, -0.25) is 0 Å². The Hall–Kier alpha value is 1.00. The zero-order chi connectivity index (χ0) is 14.9. The molecule has 8 heteroatoms. The smallest absolute Gasteiger partial charge is 0.126 e. The van der Waals surface area contributed by atoms with Crippen molar-refractivity contribution in [2.45, 2.75) is 11.2 Å². The molecule has 1 fully saturated rings. The van der Waals surface area contributed by atoms with Crippen LogP contribution in [0.4, 0.5) is 0 Å². The van der Waals surface area contributed by atoms with Gasteiger partial charge in [-0.1, -0.05) is 0 Å². The van der Waals surface area contributed by atoms with Gasteiger partial charge in [-0.2, -0.15) is 0 Å². The normalized spacial score (nSPS) is 24.6. The molecule has 0 amide bonds. The molecular formula is C12H20Cl4O4. The first-order valence-corrected chi connectivity index (χ1v) is 8.51. The molecule has 0 saturated carbocycles. The topological polar surface area (TPSA) is 36.9 Å². The van der Waals surface area contributed by atoms with Gasteiger partial charge < -0.3 is 18.9 Å². The molecule has 0 N–H and O–H groups in total. The third kappa shape index (κ3) is 4.50. The molecular weight excluding hydrogens is 350 g/mol. The molecule has 1 aliphatic heterocycles. The molecule has 0 aromatic rings. The fourth-order valence-electron chi connectivity index (χ4n) is 1.89. The van der Waals surface area contributed by atoms with E-state index in [1.165, 1.54) is 0 Å². The summed E-state index contributed by atoms with van der Waals surface area (Å²) < 4.78 is 22.5. The summed E-state index contributed by atoms with van der Waals surface area (Å²) in [4.78, 5) is 0. The van der Waals surface area contributed by atoms with Crippen molar-refractivity contribution in [1.29, 1.82) is 0 Å². The van der Waals surface area contributed by atoms with Gasteiger partial charge >= 0.3 is 0 Å². The highest BCUT2D eigenvalue weighted by Crippen LogP contribution is 2.35. The number of halogens is 4. The first kappa shape index (κ1) is 19.0. The van der Waals surface area contributed by atoms with Crippen molar-refractivity contribution >= 4 is 46.4 Å². The van der Waals surface area contributed by atoms with Crippen molar-refractivity contribution in [3.8, 4) is 0 Å². The van der Waals surface area contributed by atoms with Crippen LogP contribution in [-0.4, -0.2) is 74.4 Å². The molecule has 0 aliphatic carbocycles. The summed E-state index contributed by atoms with van der Waals surface area (Å²) in [5.74, 6) is 0.487. The minimum absolute atomic E-state index is 0.122. The highest BCUT2D eigenvalue weighted by atomic mass is 35.5. The second kappa shape index (κ2) is 9.90. The van der Waals surface area contributed by atoms with Crippen molar-refractivity contribution in [3.63, 3.8) is 0 Å². The van der Waals surface area contributed by atoms with Crippen molar-refractivity contribution < 1.29 is 18.9 Å². The summed E-state index contributed by atoms with van der Waals surface area (Å²) in [5, 5.41) is 0. The lowest BCUT2D eigenvalue weighted by Crippen LogP contribution is -2.63. The SMILES string of the molecule is ClCC1(CCl)OCCOCCOCCOC1(CCl)CCl. The lowest BCUT2D eigenvalue weighted by Gasteiger charge is -2.46. The molecule has 0 unspecified atom stereocenters. The van der Waals surface area contributed by atoms with Crippen LogP contribution in [0.25, 0.3) is 0 Å². The van der Waals surface area contributed by atoms with Gasteiger partial charge in [0.15, 0.2) is 0 Å². The molecule has 0 spiro atoms. The summed E-state index contributed by atoms with van der Waals surface area (Å²) in [5.41, 5.74) is -1.94. The Bertz CT molecular complexity index is 234. The fraction of sp³-hybridized carbons (Fsp3) is 1.00. The van der Waals surface area contributed by atoms with E-state index >= 15 is 0 Å². The highest BCUT2D eigenvalue weighted by Gasteiger charge is 2.52. The van der Waals surface area contributed by atoms with Crippen LogP contribution >= 0.6 is 46.4 Å². The average molecular weight is 370 g/mol. The highest BCUT2D eigenvalue weighted by molar-refractivity contribution is 6.24. The molecule has 1 saturated heterocycles. The summed E-state index contributed by atoms with van der Waals surface area (Å²) in [6.45, 7) is 2.51. The minimum atomic E-state index is -0.970. The van der Waals surface area contributed by atoms with E-state index in [1.54, 1.807) is 0 Å². The predicted molar refractivity (Wildman–Crippen MR) is 81.9 cm³/mol. The summed E-state index contributed by atoms with van der Waals surface area (Å²) in [6.07, 6.45) is 0. The summed E-state index contributed by atoms with van der Waals surface area (Å²) in [6, 6.07) is 0. The van der Waals surface area contributed by atoms with Gasteiger partial charge in [0.1, 0.15) is 11.2 Å². The standard InChI is InChI=1S/C12H20Cl4O4/c13-7-11(8-14)12(9-15,10-16)20-6-4-18-2-1-17-3-5-19-11/h1-10H2. The molecule has 1 aliphatic rings. The summed E-state index contributed by atoms with van der Waals surface area (Å²) >= 11 is 24.4. The third-order valence-electron chi connectivity index (χ3n) is 3.28. The van der Waals surface area contributed by atoms with Gasteiger partial charge in [-0.05, 0) is 0 Å². The third-order valence-corrected chi connectivity index (χ3v) is 5.00. The maximum absolute atomic E-state index is 6.09. The van der Waals surface area contributed by atoms with E-state index in [0.717, 1.165) is 0 Å². The molecule has 0 bridgehead atoms. The van der Waals surface area contributed by atoms with Crippen LogP contribution in [0.5, 0.6) is 0 Å². The van der Waals surface area contributed by atoms with E-state index in [4.69, 9.17) is 65.4 Å². The molecule has 0 aromatic carbocycles. The molecule has 20 heavy (non-hydrogen) atoms. The van der Waals surface area contributed by atoms with Crippen molar-refractivity contribution in [2.75, 3.05) is 63.2 Å². The molecule has 1 heterocycles. The maximum atomic E-state index is 6.09. The molecule has 120 valence electrons. The van der Waals surface area contributed by atoms with Gasteiger partial charge in [0.2, 0.25) is 0 Å². The Morgan fingerprint density at radius 1 is 0.550 bits per heavy atom. The van der Waals surface area contributed by atoms with Crippen molar-refractivity contribution in [1.82, 2.24) is 0 Å². The number of rotatable bonds is 4. The number of hydrogen-bond donors (Lipinski definition) is 0. The Morgan fingerprint density at radius 2 is 0.850 bits per heavy atom. The van der Waals surface area contributed by atoms with E-state index in [0.29, 0.717) is 39.6 Å². The van der Waals surface area contributed by atoms with Crippen LogP contribution < -0.4 is 0 Å². The Morgan fingerprint density at radius 3 is 1.15 bits per heavy atom. The second-order valence-corrected chi connectivity index (χ2v) is 5.51. The van der Waals surface area contributed by atoms with E-state index < -0.39 is 11.2 Å². The average Bonchev–Trinajstić information content (AvgIpc) is 2.49. The number of ether oxygens (including phenoxy) is 4. The fourth-order valence-corrected chi connectivity index (χ4v) is 3.74. The molecule has 4 nitrogen and oxygen atoms in total. The van der Waals surface area contributed by atoms with Gasteiger partial charge in [0, 0.05) is 0 Å². The zero-order valence-corrected chi connectivity index (χ0v) is 14.2. The van der Waals surface area contributed by atoms with E-state index in [9.17, 15) is 0 Å². The van der Waals surface area contributed by atoms with Gasteiger partial charge in [-0.25, -0.2) is 0 Å². The molecule has 1 rings (SSSR count). The largest absolute Gasteiger partial charge is 0.377 e. The van der Waals surface area contributed by atoms with Gasteiger partial charge in [0.05, 0.1) is 63.2 Å². The lowest BCUT2D eigenvalue weighted by molar-refractivity contribution is -0.183. The molecule has 0 radical (unpaired) electrons. The van der Waals surface area contributed by atoms with Crippen LogP contribution in [0.15, 0.2) is 0 Å². The van der Waals surface area contributed by atoms with Crippen LogP contribution in [0.2, 0.25) is 0 Å². The van der Waals surface area contributed by atoms with Crippen LogP contribution in [0.1, 0.15) is 0 Å². The Balaban J connectivity index is 2.92. The van der Waals surface area contributed by atoms with Crippen LogP contribution in [-0.2, 0) is 18.9 Å². The number of hydrogen-bond acceptors (Lipinski definition) is 4. The molecule has 0 aromatic heterocycles. The quantitative estimate of drug-likeness (QED) is 0.713. The van der Waals surface area contributed by atoms with Crippen molar-refractivity contribution in [2.24, 2.45) is 0 Å². The van der Waals surface area contributed by atoms with E-state index in [2.05, 4.69) is 0 Å². The first-order valence-electron chi connectivity index (χ1n) is 6.37. The van der Waals surface area contributed by atoms with Crippen LogP contribution in [0.3, 0.4) is 0 Å². The second-order valence-electron chi connectivity index (χ2n) is 4.44. The van der Waals surface area contributed by atoms with Gasteiger partial charge in [-0.15, -0.1) is 46.4 Å². The Labute approximate surface area is 139 Å². The van der Waals surface area contributed by atoms with Crippen molar-refractivity contribution in [3.05, 3.63) is 0 Å². The Kier molecular flexibility index (Phi) is 9.43. The maximum Gasteiger partial charge on any atom is 0.126 e. The lowest BCUT2D eigenvalue weighted by atomic mass is 9.88. The number of alkyl halides is 4. The first-order chi connectivity index (χ1) is 9.70. The van der Waals surface area contributed by atoms with Gasteiger partial charge in [0.25, 0.3) is 0 Å². The zero-order valence-electron chi connectivity index (χ0n) is 11.2. The van der Waals surface area contributed by atoms with Crippen LogP contribution in [0, 0.1) is 0 Å². The molecule has 0 atom stereocenters. The summed E-state index contributed by atoms with van der Waals surface area (Å²) in [7, 11) is 0. The van der Waals surface area contributed by atoms with E-state index in [1.807, 2.05) is 0 Å². The monoisotopic (exact) mass is 368 g/mol. The predicted octanol–water partition coefficient (Wildman–Crippen LogP) is 2.50. The minimum Gasteiger partial charge on any atom is -0.377 e. The van der Waals surface area contributed by atoms with E-state index in [-0.39, 0.29) is 23.5 Å².